The lowest BCUT2D eigenvalue weighted by Gasteiger charge is -2.32. The molecule has 2 unspecified atom stereocenters. The van der Waals surface area contributed by atoms with Crippen LogP contribution in [0.3, 0.4) is 0 Å². The van der Waals surface area contributed by atoms with Gasteiger partial charge in [0, 0.05) is 45.0 Å². The van der Waals surface area contributed by atoms with Crippen molar-refractivity contribution in [2.75, 3.05) is 11.9 Å². The van der Waals surface area contributed by atoms with E-state index in [0.717, 1.165) is 35.2 Å². The van der Waals surface area contributed by atoms with E-state index in [0.29, 0.717) is 28.6 Å². The van der Waals surface area contributed by atoms with E-state index in [4.69, 9.17) is 23.2 Å². The second-order valence-corrected chi connectivity index (χ2v) is 10.9. The third kappa shape index (κ3) is 6.33. The van der Waals surface area contributed by atoms with Crippen molar-refractivity contribution < 1.29 is 9.59 Å². The van der Waals surface area contributed by atoms with Crippen LogP contribution < -0.4 is 10.6 Å². The van der Waals surface area contributed by atoms with Gasteiger partial charge in [-0.2, -0.15) is 0 Å². The second kappa shape index (κ2) is 12.6. The predicted octanol–water partition coefficient (Wildman–Crippen LogP) is 7.55. The average molecular weight is 573 g/mol. The molecule has 4 aromatic rings. The highest BCUT2D eigenvalue weighted by Gasteiger charge is 2.39. The Balaban J connectivity index is 1.24. The van der Waals surface area contributed by atoms with Crippen molar-refractivity contribution in [3.8, 4) is 0 Å². The smallest absolute Gasteiger partial charge is 0.256 e. The van der Waals surface area contributed by atoms with Crippen molar-refractivity contribution in [3.05, 3.63) is 135 Å². The van der Waals surface area contributed by atoms with Gasteiger partial charge in [0.25, 0.3) is 11.8 Å². The molecule has 0 aliphatic carbocycles. The van der Waals surface area contributed by atoms with Gasteiger partial charge in [-0.25, -0.2) is 0 Å². The summed E-state index contributed by atoms with van der Waals surface area (Å²) in [5.41, 5.74) is 5.26. The Morgan fingerprint density at radius 1 is 0.900 bits per heavy atom. The van der Waals surface area contributed by atoms with Crippen LogP contribution >= 0.6 is 23.2 Å². The van der Waals surface area contributed by atoms with Crippen molar-refractivity contribution >= 4 is 40.7 Å². The molecule has 0 fully saturated rings. The van der Waals surface area contributed by atoms with Crippen LogP contribution in [0.15, 0.2) is 97.1 Å². The maximum Gasteiger partial charge on any atom is 0.256 e. The molecule has 1 aliphatic rings. The third-order valence-corrected chi connectivity index (χ3v) is 7.90. The molecule has 0 aromatic heterocycles. The predicted molar refractivity (Wildman–Crippen MR) is 162 cm³/mol. The van der Waals surface area contributed by atoms with Crippen LogP contribution in [-0.2, 0) is 12.8 Å². The summed E-state index contributed by atoms with van der Waals surface area (Å²) in [7, 11) is 0. The summed E-state index contributed by atoms with van der Waals surface area (Å²) in [5.74, 6) is -0.125. The van der Waals surface area contributed by atoms with Crippen molar-refractivity contribution in [2.45, 2.75) is 38.4 Å². The number of amides is 2. The topological polar surface area (TPSA) is 61.4 Å². The van der Waals surface area contributed by atoms with E-state index >= 15 is 0 Å². The summed E-state index contributed by atoms with van der Waals surface area (Å²) in [6, 6.07) is 30.8. The van der Waals surface area contributed by atoms with Gasteiger partial charge in [-0.15, -0.1) is 0 Å². The number of halogens is 2. The highest BCUT2D eigenvalue weighted by atomic mass is 35.5. The van der Waals surface area contributed by atoms with Crippen LogP contribution in [-0.4, -0.2) is 29.3 Å². The Morgan fingerprint density at radius 3 is 2.38 bits per heavy atom. The van der Waals surface area contributed by atoms with E-state index in [2.05, 4.69) is 29.7 Å². The Hall–Kier alpha value is -3.80. The number of rotatable bonds is 10. The van der Waals surface area contributed by atoms with Crippen LogP contribution in [0.4, 0.5) is 5.69 Å². The van der Waals surface area contributed by atoms with E-state index < -0.39 is 0 Å². The maximum absolute atomic E-state index is 13.5. The Labute approximate surface area is 245 Å². The number of nitrogens with one attached hydrogen (secondary N) is 2. The molecular formula is C33H31Cl2N3O2. The molecule has 4 aromatic carbocycles. The zero-order valence-corrected chi connectivity index (χ0v) is 23.8. The molecule has 7 heteroatoms. The molecule has 40 heavy (non-hydrogen) atoms. The molecule has 5 rings (SSSR count). The maximum atomic E-state index is 13.5. The summed E-state index contributed by atoms with van der Waals surface area (Å²) in [6.07, 6.45) is 2.05. The lowest BCUT2D eigenvalue weighted by molar-refractivity contribution is 0.0659. The first kappa shape index (κ1) is 27.8. The van der Waals surface area contributed by atoms with E-state index in [1.54, 1.807) is 24.3 Å². The molecule has 0 radical (unpaired) electrons. The number of carbonyl (C=O) groups excluding carboxylic acids is 2. The van der Waals surface area contributed by atoms with Gasteiger partial charge in [0.15, 0.2) is 0 Å². The van der Waals surface area contributed by atoms with Crippen molar-refractivity contribution in [2.24, 2.45) is 0 Å². The zero-order chi connectivity index (χ0) is 28.1. The number of anilines is 1. The molecular weight excluding hydrogens is 541 g/mol. The highest BCUT2D eigenvalue weighted by molar-refractivity contribution is 6.35. The summed E-state index contributed by atoms with van der Waals surface area (Å²) in [5, 5.41) is 7.67. The fourth-order valence-electron chi connectivity index (χ4n) is 5.11. The summed E-state index contributed by atoms with van der Waals surface area (Å²) in [4.78, 5) is 28.1. The molecule has 5 nitrogen and oxygen atoms in total. The third-order valence-electron chi connectivity index (χ3n) is 7.31. The van der Waals surface area contributed by atoms with Gasteiger partial charge in [0.2, 0.25) is 0 Å². The monoisotopic (exact) mass is 571 g/mol. The normalized spacial score (nSPS) is 15.0. The number of aryl methyl sites for hydroxylation is 1. The van der Waals surface area contributed by atoms with Gasteiger partial charge in [-0.1, -0.05) is 77.8 Å². The molecule has 0 bridgehead atoms. The van der Waals surface area contributed by atoms with Crippen LogP contribution in [0.5, 0.6) is 0 Å². The number of fused-ring (bicyclic) bond motifs is 1. The molecule has 2 N–H and O–H groups in total. The number of nitrogens with zero attached hydrogens (tertiary/aromatic N) is 1. The first-order chi connectivity index (χ1) is 19.4. The summed E-state index contributed by atoms with van der Waals surface area (Å²) < 4.78 is 0. The average Bonchev–Trinajstić information content (AvgIpc) is 3.25. The van der Waals surface area contributed by atoms with Gasteiger partial charge in [0.1, 0.15) is 6.17 Å². The molecule has 0 spiro atoms. The minimum absolute atomic E-state index is 0.0248. The molecule has 204 valence electrons. The van der Waals surface area contributed by atoms with Gasteiger partial charge in [-0.05, 0) is 79.8 Å². The van der Waals surface area contributed by atoms with Crippen LogP contribution in [0.2, 0.25) is 10.0 Å². The number of hydrogen-bond donors (Lipinski definition) is 2. The molecule has 1 heterocycles. The standard InChI is InChI=1S/C33H31Cl2N3O2/c1-22(11-12-23-7-3-2-4-8-23)38-31(28-9-5-6-10-29(28)33(38)40)37-27-17-14-25(15-18-27)32(39)36-20-19-24-13-16-26(34)21-30(24)35/h2-10,13-18,21-22,31,37H,11-12,19-20H2,1H3,(H,36,39). The lowest BCUT2D eigenvalue weighted by atomic mass is 10.0. The second-order valence-electron chi connectivity index (χ2n) is 10.0. The molecule has 2 amide bonds. The van der Waals surface area contributed by atoms with Crippen LogP contribution in [0.1, 0.15) is 56.9 Å². The zero-order valence-electron chi connectivity index (χ0n) is 22.2. The van der Waals surface area contributed by atoms with Gasteiger partial charge >= 0.3 is 0 Å². The Kier molecular flexibility index (Phi) is 8.73. The van der Waals surface area contributed by atoms with Crippen molar-refractivity contribution in [1.29, 1.82) is 0 Å². The minimum Gasteiger partial charge on any atom is -0.361 e. The molecule has 1 aliphatic heterocycles. The van der Waals surface area contributed by atoms with Gasteiger partial charge in [0.05, 0.1) is 0 Å². The Morgan fingerprint density at radius 2 is 1.62 bits per heavy atom. The van der Waals surface area contributed by atoms with Gasteiger partial charge < -0.3 is 15.5 Å². The Bertz CT molecular complexity index is 1490. The van der Waals surface area contributed by atoms with E-state index in [9.17, 15) is 9.59 Å². The van der Waals surface area contributed by atoms with E-state index in [1.165, 1.54) is 5.56 Å². The minimum atomic E-state index is -0.293. The van der Waals surface area contributed by atoms with Crippen molar-refractivity contribution in [1.82, 2.24) is 10.2 Å². The number of carbonyl (C=O) groups is 2. The van der Waals surface area contributed by atoms with Crippen molar-refractivity contribution in [3.63, 3.8) is 0 Å². The van der Waals surface area contributed by atoms with Crippen LogP contribution in [0, 0.1) is 0 Å². The fraction of sp³-hybridized carbons (Fsp3) is 0.212. The number of hydrogen-bond acceptors (Lipinski definition) is 3. The summed E-state index contributed by atoms with van der Waals surface area (Å²) >= 11 is 12.2. The van der Waals surface area contributed by atoms with E-state index in [1.807, 2.05) is 65.6 Å². The highest BCUT2D eigenvalue weighted by Crippen LogP contribution is 2.36. The van der Waals surface area contributed by atoms with Gasteiger partial charge in [-0.3, -0.25) is 9.59 Å². The van der Waals surface area contributed by atoms with Crippen LogP contribution in [0.25, 0.3) is 0 Å². The SMILES string of the molecule is CC(CCc1ccccc1)N1C(=O)c2ccccc2C1Nc1ccc(C(=O)NCCc2ccc(Cl)cc2Cl)cc1. The summed E-state index contributed by atoms with van der Waals surface area (Å²) in [6.45, 7) is 2.56. The molecule has 2 atom stereocenters. The first-order valence-corrected chi connectivity index (χ1v) is 14.2. The first-order valence-electron chi connectivity index (χ1n) is 13.4. The van der Waals surface area contributed by atoms with E-state index in [-0.39, 0.29) is 24.0 Å². The number of benzene rings is 4. The quantitative estimate of drug-likeness (QED) is 0.206. The lowest BCUT2D eigenvalue weighted by Crippen LogP contribution is -2.39. The molecule has 0 saturated heterocycles. The molecule has 0 saturated carbocycles. The fourth-order valence-corrected chi connectivity index (χ4v) is 5.61. The largest absolute Gasteiger partial charge is 0.361 e.